The van der Waals surface area contributed by atoms with Gasteiger partial charge in [0, 0.05) is 18.3 Å². The number of ether oxygens (including phenoxy) is 1. The Labute approximate surface area is 139 Å². The van der Waals surface area contributed by atoms with E-state index in [1.165, 1.54) is 18.6 Å². The third kappa shape index (κ3) is 4.79. The van der Waals surface area contributed by atoms with E-state index in [9.17, 15) is 4.79 Å². The van der Waals surface area contributed by atoms with Crippen LogP contribution in [0.1, 0.15) is 60.3 Å². The number of alkyl carbamates (subject to hydrolysis) is 1. The Bertz CT molecular complexity index is 400. The summed E-state index contributed by atoms with van der Waals surface area (Å²) in [7, 11) is 0. The van der Waals surface area contributed by atoms with Crippen LogP contribution in [-0.4, -0.2) is 41.3 Å². The molecular formula is C17H32N2O2S. The van der Waals surface area contributed by atoms with E-state index in [-0.39, 0.29) is 11.6 Å². The Kier molecular flexibility index (Phi) is 5.38. The molecular weight excluding hydrogens is 296 g/mol. The second-order valence-corrected chi connectivity index (χ2v) is 9.66. The Morgan fingerprint density at radius 1 is 1.27 bits per heavy atom. The molecule has 2 fully saturated rings. The third-order valence-corrected chi connectivity index (χ3v) is 5.94. The summed E-state index contributed by atoms with van der Waals surface area (Å²) in [5, 5.41) is 6.85. The van der Waals surface area contributed by atoms with Gasteiger partial charge in [-0.15, -0.1) is 0 Å². The van der Waals surface area contributed by atoms with Crippen LogP contribution in [0.15, 0.2) is 0 Å². The molecule has 2 aliphatic rings. The predicted molar refractivity (Wildman–Crippen MR) is 93.5 cm³/mol. The lowest BCUT2D eigenvalue weighted by Crippen LogP contribution is -2.62. The maximum absolute atomic E-state index is 12.1. The highest BCUT2D eigenvalue weighted by molar-refractivity contribution is 7.99. The van der Waals surface area contributed by atoms with Crippen molar-refractivity contribution in [3.63, 3.8) is 0 Å². The van der Waals surface area contributed by atoms with Crippen LogP contribution in [0.5, 0.6) is 0 Å². The smallest absolute Gasteiger partial charge is 0.408 e. The fourth-order valence-corrected chi connectivity index (χ4v) is 4.70. The summed E-state index contributed by atoms with van der Waals surface area (Å²) >= 11 is 2.03. The molecule has 2 N–H and O–H groups in total. The second kappa shape index (κ2) is 6.60. The third-order valence-electron chi connectivity index (χ3n) is 4.88. The van der Waals surface area contributed by atoms with Gasteiger partial charge < -0.3 is 15.4 Å². The monoisotopic (exact) mass is 328 g/mol. The van der Waals surface area contributed by atoms with Gasteiger partial charge in [0.1, 0.15) is 5.60 Å². The zero-order valence-corrected chi connectivity index (χ0v) is 15.6. The molecule has 1 unspecified atom stereocenters. The molecule has 5 heteroatoms. The summed E-state index contributed by atoms with van der Waals surface area (Å²) in [5.74, 6) is 2.42. The molecule has 1 aliphatic carbocycles. The standard InChI is InChI=1S/C17H32N2O2S/c1-15(2,3)21-14(20)19-17(7-6-8-17)12-18-13-11-22-10-9-16(13,4)5/h13,18H,6-12H2,1-5H3,(H,19,20). The lowest BCUT2D eigenvalue weighted by atomic mass is 9.75. The molecule has 22 heavy (non-hydrogen) atoms. The van der Waals surface area contributed by atoms with Crippen molar-refractivity contribution in [2.75, 3.05) is 18.1 Å². The van der Waals surface area contributed by atoms with Crippen molar-refractivity contribution in [1.82, 2.24) is 10.6 Å². The van der Waals surface area contributed by atoms with Gasteiger partial charge >= 0.3 is 6.09 Å². The van der Waals surface area contributed by atoms with Gasteiger partial charge in [-0.3, -0.25) is 0 Å². The predicted octanol–water partition coefficient (Wildman–Crippen LogP) is 3.56. The number of rotatable bonds is 4. The summed E-state index contributed by atoms with van der Waals surface area (Å²) in [6.07, 6.45) is 4.23. The van der Waals surface area contributed by atoms with Gasteiger partial charge in [0.05, 0.1) is 5.54 Å². The molecule has 0 spiro atoms. The van der Waals surface area contributed by atoms with E-state index in [0.717, 1.165) is 25.1 Å². The summed E-state index contributed by atoms with van der Waals surface area (Å²) in [6.45, 7) is 11.2. The van der Waals surface area contributed by atoms with Gasteiger partial charge in [-0.1, -0.05) is 13.8 Å². The molecule has 1 aliphatic heterocycles. The van der Waals surface area contributed by atoms with Crippen molar-refractivity contribution < 1.29 is 9.53 Å². The Morgan fingerprint density at radius 2 is 1.95 bits per heavy atom. The number of nitrogens with one attached hydrogen (secondary N) is 2. The van der Waals surface area contributed by atoms with E-state index in [2.05, 4.69) is 24.5 Å². The Hall–Kier alpha value is -0.420. The lowest BCUT2D eigenvalue weighted by Gasteiger charge is -2.46. The van der Waals surface area contributed by atoms with Gasteiger partial charge in [-0.2, -0.15) is 11.8 Å². The van der Waals surface area contributed by atoms with Crippen molar-refractivity contribution in [2.45, 2.75) is 77.5 Å². The van der Waals surface area contributed by atoms with Crippen molar-refractivity contribution in [2.24, 2.45) is 5.41 Å². The van der Waals surface area contributed by atoms with Crippen LogP contribution in [0.3, 0.4) is 0 Å². The van der Waals surface area contributed by atoms with Gasteiger partial charge in [0.15, 0.2) is 0 Å². The minimum Gasteiger partial charge on any atom is -0.444 e. The molecule has 0 aromatic heterocycles. The van der Waals surface area contributed by atoms with E-state index in [0.29, 0.717) is 11.5 Å². The molecule has 0 radical (unpaired) electrons. The Balaban J connectivity index is 1.87. The minimum atomic E-state index is -0.440. The molecule has 2 rings (SSSR count). The molecule has 0 aromatic carbocycles. The van der Waals surface area contributed by atoms with E-state index >= 15 is 0 Å². The number of hydrogen-bond acceptors (Lipinski definition) is 4. The first-order chi connectivity index (χ1) is 10.1. The van der Waals surface area contributed by atoms with Crippen molar-refractivity contribution in [3.8, 4) is 0 Å². The van der Waals surface area contributed by atoms with Crippen LogP contribution in [-0.2, 0) is 4.74 Å². The van der Waals surface area contributed by atoms with Crippen LogP contribution in [0, 0.1) is 5.41 Å². The molecule has 4 nitrogen and oxygen atoms in total. The number of carbonyl (C=O) groups excluding carboxylic acids is 1. The molecule has 0 aromatic rings. The average Bonchev–Trinajstić information content (AvgIpc) is 2.31. The topological polar surface area (TPSA) is 50.4 Å². The van der Waals surface area contributed by atoms with Gasteiger partial charge in [0.25, 0.3) is 0 Å². The van der Waals surface area contributed by atoms with Crippen LogP contribution in [0.25, 0.3) is 0 Å². The molecule has 1 amide bonds. The van der Waals surface area contributed by atoms with E-state index in [1.807, 2.05) is 32.5 Å². The number of amides is 1. The minimum absolute atomic E-state index is 0.111. The zero-order chi connectivity index (χ0) is 16.4. The number of hydrogen-bond donors (Lipinski definition) is 2. The zero-order valence-electron chi connectivity index (χ0n) is 14.8. The number of carbonyl (C=O) groups is 1. The van der Waals surface area contributed by atoms with Crippen LogP contribution in [0.2, 0.25) is 0 Å². The maximum Gasteiger partial charge on any atom is 0.408 e. The van der Waals surface area contributed by atoms with E-state index < -0.39 is 5.60 Å². The van der Waals surface area contributed by atoms with Gasteiger partial charge in [0.2, 0.25) is 0 Å². The summed E-state index contributed by atoms with van der Waals surface area (Å²) in [6, 6.07) is 0.518. The fourth-order valence-electron chi connectivity index (χ4n) is 3.06. The van der Waals surface area contributed by atoms with Gasteiger partial charge in [-0.25, -0.2) is 4.79 Å². The molecule has 1 saturated heterocycles. The number of thioether (sulfide) groups is 1. The largest absolute Gasteiger partial charge is 0.444 e. The summed E-state index contributed by atoms with van der Waals surface area (Å²) in [5.41, 5.74) is -0.215. The molecule has 1 heterocycles. The highest BCUT2D eigenvalue weighted by atomic mass is 32.2. The molecule has 128 valence electrons. The quantitative estimate of drug-likeness (QED) is 0.828. The second-order valence-electron chi connectivity index (χ2n) is 8.51. The SMILES string of the molecule is CC(C)(C)OC(=O)NC1(CNC2CSCCC2(C)C)CCC1. The van der Waals surface area contributed by atoms with Crippen molar-refractivity contribution >= 4 is 17.9 Å². The maximum atomic E-state index is 12.1. The molecule has 1 atom stereocenters. The van der Waals surface area contributed by atoms with Crippen LogP contribution in [0.4, 0.5) is 4.79 Å². The fraction of sp³-hybridized carbons (Fsp3) is 0.941. The molecule has 1 saturated carbocycles. The van der Waals surface area contributed by atoms with E-state index in [4.69, 9.17) is 4.74 Å². The van der Waals surface area contributed by atoms with Crippen LogP contribution >= 0.6 is 11.8 Å². The van der Waals surface area contributed by atoms with Crippen molar-refractivity contribution in [1.29, 1.82) is 0 Å². The normalized spacial score (nSPS) is 26.9. The first-order valence-electron chi connectivity index (χ1n) is 8.44. The summed E-state index contributed by atoms with van der Waals surface area (Å²) < 4.78 is 5.42. The average molecular weight is 329 g/mol. The first-order valence-corrected chi connectivity index (χ1v) is 9.60. The molecule has 0 bridgehead atoms. The first kappa shape index (κ1) is 17.9. The van der Waals surface area contributed by atoms with E-state index in [1.54, 1.807) is 0 Å². The lowest BCUT2D eigenvalue weighted by molar-refractivity contribution is 0.0373. The highest BCUT2D eigenvalue weighted by Crippen LogP contribution is 2.36. The highest BCUT2D eigenvalue weighted by Gasteiger charge is 2.41. The summed E-state index contributed by atoms with van der Waals surface area (Å²) in [4.78, 5) is 12.1. The van der Waals surface area contributed by atoms with Gasteiger partial charge in [-0.05, 0) is 57.6 Å². The van der Waals surface area contributed by atoms with Crippen molar-refractivity contribution in [3.05, 3.63) is 0 Å². The Morgan fingerprint density at radius 3 is 2.45 bits per heavy atom. The van der Waals surface area contributed by atoms with Crippen LogP contribution < -0.4 is 10.6 Å².